The fourth-order valence-electron chi connectivity index (χ4n) is 1.58. The van der Waals surface area contributed by atoms with Gasteiger partial charge in [0.25, 0.3) is 0 Å². The minimum Gasteiger partial charge on any atom is -0.309 e. The molecule has 0 aliphatic rings. The van der Waals surface area contributed by atoms with Gasteiger partial charge in [0, 0.05) is 7.11 Å². The van der Waals surface area contributed by atoms with Crippen LogP contribution >= 0.6 is 7.60 Å². The molecule has 4 heteroatoms. The average molecular weight is 262 g/mol. The molecule has 2 aromatic carbocycles. The summed E-state index contributed by atoms with van der Waals surface area (Å²) < 4.78 is 23.1. The van der Waals surface area contributed by atoms with Gasteiger partial charge in [-0.25, -0.2) is 0 Å². The second-order valence-corrected chi connectivity index (χ2v) is 5.91. The van der Waals surface area contributed by atoms with Crippen LogP contribution in [-0.2, 0) is 20.2 Å². The van der Waals surface area contributed by atoms with Crippen LogP contribution in [0.1, 0.15) is 5.56 Å². The van der Waals surface area contributed by atoms with Gasteiger partial charge in [-0.3, -0.25) is 4.57 Å². The number of hydrogen-bond acceptors (Lipinski definition) is 3. The van der Waals surface area contributed by atoms with Crippen LogP contribution in [0.15, 0.2) is 60.7 Å². The third-order valence-corrected chi connectivity index (χ3v) is 4.44. The Morgan fingerprint density at radius 2 is 1.50 bits per heavy atom. The molecule has 0 saturated heterocycles. The van der Waals surface area contributed by atoms with E-state index in [1.54, 1.807) is 12.1 Å². The van der Waals surface area contributed by atoms with Crippen LogP contribution in [0.25, 0.3) is 0 Å². The molecule has 18 heavy (non-hydrogen) atoms. The predicted molar refractivity (Wildman–Crippen MR) is 71.9 cm³/mol. The smallest absolute Gasteiger partial charge is 0.309 e. The van der Waals surface area contributed by atoms with Crippen molar-refractivity contribution in [2.24, 2.45) is 0 Å². The lowest BCUT2D eigenvalue weighted by Gasteiger charge is -2.16. The summed E-state index contributed by atoms with van der Waals surface area (Å²) in [6.45, 7) is 0.265. The van der Waals surface area contributed by atoms with E-state index in [0.717, 1.165) is 5.56 Å². The van der Waals surface area contributed by atoms with Gasteiger partial charge in [0.15, 0.2) is 0 Å². The molecule has 0 aromatic heterocycles. The lowest BCUT2D eigenvalue weighted by atomic mass is 10.2. The van der Waals surface area contributed by atoms with Gasteiger partial charge in [-0.15, -0.1) is 0 Å². The van der Waals surface area contributed by atoms with Gasteiger partial charge in [0.05, 0.1) is 11.9 Å². The summed E-state index contributed by atoms with van der Waals surface area (Å²) in [6.07, 6.45) is 0. The summed E-state index contributed by atoms with van der Waals surface area (Å²) in [4.78, 5) is 0. The minimum absolute atomic E-state index is 0.265. The second kappa shape index (κ2) is 5.96. The van der Waals surface area contributed by atoms with Crippen molar-refractivity contribution in [2.45, 2.75) is 6.61 Å². The summed E-state index contributed by atoms with van der Waals surface area (Å²) in [7, 11) is -1.82. The zero-order valence-electron chi connectivity index (χ0n) is 10.2. The van der Waals surface area contributed by atoms with Gasteiger partial charge >= 0.3 is 7.60 Å². The van der Waals surface area contributed by atoms with Crippen LogP contribution in [0, 0.1) is 0 Å². The van der Waals surface area contributed by atoms with Crippen molar-refractivity contribution in [3.63, 3.8) is 0 Å². The van der Waals surface area contributed by atoms with Crippen LogP contribution in [0.4, 0.5) is 0 Å². The Labute approximate surface area is 107 Å². The van der Waals surface area contributed by atoms with Crippen molar-refractivity contribution in [3.05, 3.63) is 66.2 Å². The topological polar surface area (TPSA) is 35.5 Å². The van der Waals surface area contributed by atoms with E-state index in [9.17, 15) is 4.57 Å². The Kier molecular flexibility index (Phi) is 4.32. The highest BCUT2D eigenvalue weighted by atomic mass is 31.2. The van der Waals surface area contributed by atoms with E-state index in [-0.39, 0.29) is 6.61 Å². The Morgan fingerprint density at radius 3 is 2.06 bits per heavy atom. The normalized spacial score (nSPS) is 14.1. The van der Waals surface area contributed by atoms with Crippen molar-refractivity contribution < 1.29 is 13.6 Å². The van der Waals surface area contributed by atoms with E-state index in [1.807, 2.05) is 48.5 Å². The average Bonchev–Trinajstić information content (AvgIpc) is 2.47. The van der Waals surface area contributed by atoms with E-state index < -0.39 is 7.60 Å². The lowest BCUT2D eigenvalue weighted by molar-refractivity contribution is 0.235. The van der Waals surface area contributed by atoms with Crippen LogP contribution in [0.2, 0.25) is 0 Å². The first-order chi connectivity index (χ1) is 8.74. The molecule has 0 bridgehead atoms. The molecule has 0 saturated carbocycles. The van der Waals surface area contributed by atoms with Crippen LogP contribution < -0.4 is 5.30 Å². The molecular weight excluding hydrogens is 247 g/mol. The van der Waals surface area contributed by atoms with Gasteiger partial charge in [-0.1, -0.05) is 48.5 Å². The maximum absolute atomic E-state index is 12.5. The van der Waals surface area contributed by atoms with Gasteiger partial charge < -0.3 is 9.05 Å². The predicted octanol–water partition coefficient (Wildman–Crippen LogP) is 3.37. The Hall–Kier alpha value is -1.41. The van der Waals surface area contributed by atoms with Crippen molar-refractivity contribution >= 4 is 12.9 Å². The maximum Gasteiger partial charge on any atom is 0.361 e. The van der Waals surface area contributed by atoms with Crippen LogP contribution in [-0.4, -0.2) is 7.11 Å². The fraction of sp³-hybridized carbons (Fsp3) is 0.143. The molecule has 2 aromatic rings. The van der Waals surface area contributed by atoms with Gasteiger partial charge in [-0.05, 0) is 17.7 Å². The molecule has 1 unspecified atom stereocenters. The minimum atomic E-state index is -3.22. The fourth-order valence-corrected chi connectivity index (χ4v) is 2.90. The molecule has 0 fully saturated rings. The zero-order valence-corrected chi connectivity index (χ0v) is 11.0. The molecule has 3 nitrogen and oxygen atoms in total. The quantitative estimate of drug-likeness (QED) is 0.775. The molecule has 0 spiro atoms. The molecule has 0 N–H and O–H groups in total. The Morgan fingerprint density at radius 1 is 0.944 bits per heavy atom. The highest BCUT2D eigenvalue weighted by Gasteiger charge is 2.25. The highest BCUT2D eigenvalue weighted by molar-refractivity contribution is 7.62. The summed E-state index contributed by atoms with van der Waals surface area (Å²) >= 11 is 0. The standard InChI is InChI=1S/C14H15O3P/c1-16-18(15,14-10-6-3-7-11-14)17-12-13-8-4-2-5-9-13/h2-11H,12H2,1H3. The first kappa shape index (κ1) is 13.0. The molecule has 0 radical (unpaired) electrons. The first-order valence-electron chi connectivity index (χ1n) is 5.64. The van der Waals surface area contributed by atoms with Crippen LogP contribution in [0.3, 0.4) is 0 Å². The number of rotatable bonds is 5. The Bertz CT molecular complexity index is 525. The maximum atomic E-state index is 12.5. The summed E-state index contributed by atoms with van der Waals surface area (Å²) in [5, 5.41) is 0.573. The van der Waals surface area contributed by atoms with E-state index >= 15 is 0 Å². The van der Waals surface area contributed by atoms with Crippen molar-refractivity contribution in [1.29, 1.82) is 0 Å². The number of benzene rings is 2. The molecule has 0 aliphatic carbocycles. The molecular formula is C14H15O3P. The zero-order chi connectivity index (χ0) is 12.8. The first-order valence-corrected chi connectivity index (χ1v) is 7.19. The van der Waals surface area contributed by atoms with Gasteiger partial charge in [-0.2, -0.15) is 0 Å². The van der Waals surface area contributed by atoms with E-state index in [1.165, 1.54) is 7.11 Å². The molecule has 2 rings (SSSR count). The third kappa shape index (κ3) is 3.08. The van der Waals surface area contributed by atoms with Crippen molar-refractivity contribution in [3.8, 4) is 0 Å². The van der Waals surface area contributed by atoms with Crippen LogP contribution in [0.5, 0.6) is 0 Å². The van der Waals surface area contributed by atoms with E-state index in [2.05, 4.69) is 0 Å². The van der Waals surface area contributed by atoms with Gasteiger partial charge in [0.2, 0.25) is 0 Å². The van der Waals surface area contributed by atoms with E-state index in [4.69, 9.17) is 9.05 Å². The monoisotopic (exact) mass is 262 g/mol. The molecule has 0 amide bonds. The highest BCUT2D eigenvalue weighted by Crippen LogP contribution is 2.46. The third-order valence-electron chi connectivity index (χ3n) is 2.56. The van der Waals surface area contributed by atoms with E-state index in [0.29, 0.717) is 5.30 Å². The van der Waals surface area contributed by atoms with Crippen molar-refractivity contribution in [1.82, 2.24) is 0 Å². The largest absolute Gasteiger partial charge is 0.361 e. The number of hydrogen-bond donors (Lipinski definition) is 0. The molecule has 94 valence electrons. The SMILES string of the molecule is COP(=O)(OCc1ccccc1)c1ccccc1. The van der Waals surface area contributed by atoms with Gasteiger partial charge in [0.1, 0.15) is 0 Å². The molecule has 0 aliphatic heterocycles. The summed E-state index contributed by atoms with van der Waals surface area (Å²) in [5.74, 6) is 0. The summed E-state index contributed by atoms with van der Waals surface area (Å²) in [5.41, 5.74) is 0.964. The lowest BCUT2D eigenvalue weighted by Crippen LogP contribution is -2.08. The Balaban J connectivity index is 2.12. The molecule has 0 heterocycles. The summed E-state index contributed by atoms with van der Waals surface area (Å²) in [6, 6.07) is 18.6. The molecule has 1 atom stereocenters. The second-order valence-electron chi connectivity index (χ2n) is 3.77. The van der Waals surface area contributed by atoms with Crippen molar-refractivity contribution in [2.75, 3.05) is 7.11 Å².